The minimum atomic E-state index is -0.890. The van der Waals surface area contributed by atoms with E-state index in [4.69, 9.17) is 4.74 Å². The van der Waals surface area contributed by atoms with Gasteiger partial charge < -0.3 is 9.47 Å². The van der Waals surface area contributed by atoms with Crippen molar-refractivity contribution in [3.8, 4) is 0 Å². The number of carbonyl (C=O) groups is 2. The molecule has 1 N–H and O–H groups in total. The quantitative estimate of drug-likeness (QED) is 0.506. The van der Waals surface area contributed by atoms with Gasteiger partial charge >= 0.3 is 12.1 Å². The Balaban J connectivity index is 2.80. The SMILES string of the molecule is COC(=O)c1ccc(N(O)C(=O)OC(C)(C)C)cc1. The summed E-state index contributed by atoms with van der Waals surface area (Å²) in [4.78, 5) is 22.8. The summed E-state index contributed by atoms with van der Waals surface area (Å²) in [5.74, 6) is -0.492. The standard InChI is InChI=1S/C13H17NO5/c1-13(2,3)19-12(16)14(17)10-7-5-9(6-8-10)11(15)18-4/h5-8,17H,1-4H3. The van der Waals surface area contributed by atoms with E-state index in [2.05, 4.69) is 4.74 Å². The molecule has 0 atom stereocenters. The first-order valence-corrected chi connectivity index (χ1v) is 5.65. The molecule has 0 bridgehead atoms. The molecule has 104 valence electrons. The summed E-state index contributed by atoms with van der Waals surface area (Å²) in [7, 11) is 1.27. The summed E-state index contributed by atoms with van der Waals surface area (Å²) < 4.78 is 9.54. The number of rotatable bonds is 2. The molecule has 0 aliphatic heterocycles. The molecule has 0 radical (unpaired) electrons. The van der Waals surface area contributed by atoms with Crippen LogP contribution in [-0.2, 0) is 9.47 Å². The highest BCUT2D eigenvalue weighted by Crippen LogP contribution is 2.17. The third-order valence-electron chi connectivity index (χ3n) is 2.10. The topological polar surface area (TPSA) is 76.1 Å². The average Bonchev–Trinajstić information content (AvgIpc) is 2.35. The van der Waals surface area contributed by atoms with Crippen LogP contribution in [0.25, 0.3) is 0 Å². The highest BCUT2D eigenvalue weighted by molar-refractivity contribution is 5.91. The summed E-state index contributed by atoms with van der Waals surface area (Å²) in [5.41, 5.74) is -0.185. The van der Waals surface area contributed by atoms with Crippen molar-refractivity contribution in [3.05, 3.63) is 29.8 Å². The molecular formula is C13H17NO5. The van der Waals surface area contributed by atoms with E-state index in [-0.39, 0.29) is 5.69 Å². The molecule has 1 aromatic rings. The monoisotopic (exact) mass is 267 g/mol. The third kappa shape index (κ3) is 4.26. The van der Waals surface area contributed by atoms with Gasteiger partial charge in [-0.3, -0.25) is 5.21 Å². The highest BCUT2D eigenvalue weighted by Gasteiger charge is 2.22. The highest BCUT2D eigenvalue weighted by atomic mass is 16.6. The molecule has 0 heterocycles. The van der Waals surface area contributed by atoms with Crippen molar-refractivity contribution in [3.63, 3.8) is 0 Å². The number of hydrogen-bond donors (Lipinski definition) is 1. The van der Waals surface area contributed by atoms with Crippen LogP contribution in [0.15, 0.2) is 24.3 Å². The maximum absolute atomic E-state index is 11.6. The van der Waals surface area contributed by atoms with Crippen molar-refractivity contribution in [2.75, 3.05) is 12.2 Å². The van der Waals surface area contributed by atoms with Gasteiger partial charge in [0.25, 0.3) is 0 Å². The molecule has 0 unspecified atom stereocenters. The van der Waals surface area contributed by atoms with Crippen molar-refractivity contribution >= 4 is 17.7 Å². The Morgan fingerprint density at radius 3 is 2.11 bits per heavy atom. The molecule has 1 aromatic carbocycles. The molecule has 0 aliphatic carbocycles. The maximum Gasteiger partial charge on any atom is 0.439 e. The number of amides is 1. The van der Waals surface area contributed by atoms with Gasteiger partial charge in [-0.15, -0.1) is 0 Å². The molecule has 1 amide bonds. The normalized spacial score (nSPS) is 10.8. The molecule has 6 heteroatoms. The fourth-order valence-corrected chi connectivity index (χ4v) is 1.27. The minimum Gasteiger partial charge on any atom is -0.465 e. The summed E-state index contributed by atoms with van der Waals surface area (Å²) in [6, 6.07) is 5.70. The van der Waals surface area contributed by atoms with Gasteiger partial charge in [-0.2, -0.15) is 5.06 Å². The van der Waals surface area contributed by atoms with Crippen LogP contribution in [-0.4, -0.2) is 30.0 Å². The van der Waals surface area contributed by atoms with Crippen LogP contribution < -0.4 is 5.06 Å². The smallest absolute Gasteiger partial charge is 0.439 e. The molecule has 1 rings (SSSR count). The number of anilines is 1. The zero-order valence-electron chi connectivity index (χ0n) is 11.3. The van der Waals surface area contributed by atoms with Gasteiger partial charge in [0.1, 0.15) is 5.60 Å². The first-order valence-electron chi connectivity index (χ1n) is 5.65. The first-order chi connectivity index (χ1) is 8.74. The van der Waals surface area contributed by atoms with E-state index < -0.39 is 17.7 Å². The molecule has 0 fully saturated rings. The lowest BCUT2D eigenvalue weighted by Gasteiger charge is -2.23. The van der Waals surface area contributed by atoms with Crippen LogP contribution in [0, 0.1) is 0 Å². The second kappa shape index (κ2) is 5.71. The van der Waals surface area contributed by atoms with E-state index in [9.17, 15) is 14.8 Å². The number of hydrogen-bond acceptors (Lipinski definition) is 5. The Morgan fingerprint density at radius 1 is 1.16 bits per heavy atom. The number of hydroxylamine groups is 1. The van der Waals surface area contributed by atoms with E-state index in [1.54, 1.807) is 20.8 Å². The fraction of sp³-hybridized carbons (Fsp3) is 0.385. The van der Waals surface area contributed by atoms with Crippen LogP contribution in [0.3, 0.4) is 0 Å². The van der Waals surface area contributed by atoms with Crippen molar-refractivity contribution in [1.82, 2.24) is 0 Å². The summed E-state index contributed by atoms with van der Waals surface area (Å²) in [6.45, 7) is 5.08. The summed E-state index contributed by atoms with van der Waals surface area (Å²) >= 11 is 0. The molecule has 0 aromatic heterocycles. The van der Waals surface area contributed by atoms with Gasteiger partial charge in [-0.25, -0.2) is 9.59 Å². The summed E-state index contributed by atoms with van der Waals surface area (Å²) in [6.07, 6.45) is -0.890. The average molecular weight is 267 g/mol. The van der Waals surface area contributed by atoms with E-state index in [1.165, 1.54) is 31.4 Å². The van der Waals surface area contributed by atoms with Crippen molar-refractivity contribution < 1.29 is 24.3 Å². The van der Waals surface area contributed by atoms with Gasteiger partial charge in [-0.05, 0) is 45.0 Å². The predicted molar refractivity (Wildman–Crippen MR) is 68.3 cm³/mol. The molecular weight excluding hydrogens is 250 g/mol. The largest absolute Gasteiger partial charge is 0.465 e. The predicted octanol–water partition coefficient (Wildman–Crippen LogP) is 2.60. The minimum absolute atomic E-state index is 0.196. The van der Waals surface area contributed by atoms with Crippen LogP contribution in [0.1, 0.15) is 31.1 Å². The Morgan fingerprint density at radius 2 is 1.68 bits per heavy atom. The van der Waals surface area contributed by atoms with Crippen molar-refractivity contribution in [1.29, 1.82) is 0 Å². The Bertz CT molecular complexity index is 461. The Hall–Kier alpha value is -2.08. The van der Waals surface area contributed by atoms with Gasteiger partial charge in [0.15, 0.2) is 0 Å². The lowest BCUT2D eigenvalue weighted by atomic mass is 10.2. The second-order valence-electron chi connectivity index (χ2n) is 4.83. The zero-order chi connectivity index (χ0) is 14.6. The molecule has 0 saturated heterocycles. The van der Waals surface area contributed by atoms with Gasteiger partial charge in [0, 0.05) is 0 Å². The van der Waals surface area contributed by atoms with Crippen LogP contribution in [0.5, 0.6) is 0 Å². The number of benzene rings is 1. The van der Waals surface area contributed by atoms with Crippen molar-refractivity contribution in [2.45, 2.75) is 26.4 Å². The molecule has 0 spiro atoms. The van der Waals surface area contributed by atoms with E-state index >= 15 is 0 Å². The fourth-order valence-electron chi connectivity index (χ4n) is 1.27. The lowest BCUT2D eigenvalue weighted by molar-refractivity contribution is 0.0407. The molecule has 6 nitrogen and oxygen atoms in total. The molecule has 19 heavy (non-hydrogen) atoms. The molecule has 0 aliphatic rings. The van der Waals surface area contributed by atoms with E-state index in [0.29, 0.717) is 10.6 Å². The van der Waals surface area contributed by atoms with Gasteiger partial charge in [0.2, 0.25) is 0 Å². The number of carbonyl (C=O) groups excluding carboxylic acids is 2. The van der Waals surface area contributed by atoms with Gasteiger partial charge in [-0.1, -0.05) is 0 Å². The third-order valence-corrected chi connectivity index (χ3v) is 2.10. The zero-order valence-corrected chi connectivity index (χ0v) is 11.3. The number of nitrogens with zero attached hydrogens (tertiary/aromatic N) is 1. The second-order valence-corrected chi connectivity index (χ2v) is 4.83. The van der Waals surface area contributed by atoms with Gasteiger partial charge in [0.05, 0.1) is 18.4 Å². The Labute approximate surface area is 111 Å². The first kappa shape index (κ1) is 15.0. The summed E-state index contributed by atoms with van der Waals surface area (Å²) in [5, 5.41) is 10.1. The molecule has 0 saturated carbocycles. The number of methoxy groups -OCH3 is 1. The van der Waals surface area contributed by atoms with E-state index in [0.717, 1.165) is 0 Å². The number of esters is 1. The van der Waals surface area contributed by atoms with E-state index in [1.807, 2.05) is 0 Å². The Kier molecular flexibility index (Phi) is 4.50. The van der Waals surface area contributed by atoms with Crippen LogP contribution in [0.4, 0.5) is 10.5 Å². The van der Waals surface area contributed by atoms with Crippen LogP contribution in [0.2, 0.25) is 0 Å². The van der Waals surface area contributed by atoms with Crippen molar-refractivity contribution in [2.24, 2.45) is 0 Å². The lowest BCUT2D eigenvalue weighted by Crippen LogP contribution is -2.34. The number of ether oxygens (including phenoxy) is 2. The van der Waals surface area contributed by atoms with Crippen LogP contribution >= 0.6 is 0 Å². The maximum atomic E-state index is 11.6.